The van der Waals surface area contributed by atoms with E-state index in [1.54, 1.807) is 29.8 Å². The van der Waals surface area contributed by atoms with Gasteiger partial charge in [-0.25, -0.2) is 0 Å². The molecule has 144 valence electrons. The molecule has 2 aromatic heterocycles. The van der Waals surface area contributed by atoms with Crippen LogP contribution in [-0.2, 0) is 4.79 Å². The molecule has 2 aromatic rings. The number of pyridine rings is 1. The summed E-state index contributed by atoms with van der Waals surface area (Å²) >= 11 is 1.70. The first-order chi connectivity index (χ1) is 13.3. The van der Waals surface area contributed by atoms with E-state index in [-0.39, 0.29) is 5.91 Å². The van der Waals surface area contributed by atoms with Crippen molar-refractivity contribution in [3.8, 4) is 5.75 Å². The van der Waals surface area contributed by atoms with Crippen LogP contribution in [0.3, 0.4) is 0 Å². The highest BCUT2D eigenvalue weighted by Gasteiger charge is 2.01. The van der Waals surface area contributed by atoms with E-state index in [0.29, 0.717) is 13.2 Å². The van der Waals surface area contributed by atoms with Gasteiger partial charge >= 0.3 is 0 Å². The molecule has 2 heterocycles. The van der Waals surface area contributed by atoms with Crippen molar-refractivity contribution in [3.63, 3.8) is 0 Å². The van der Waals surface area contributed by atoms with Crippen LogP contribution in [0.15, 0.2) is 59.6 Å². The third-order valence-corrected chi connectivity index (χ3v) is 4.69. The quantitative estimate of drug-likeness (QED) is 0.309. The summed E-state index contributed by atoms with van der Waals surface area (Å²) < 4.78 is 5.55. The highest BCUT2D eigenvalue weighted by Crippen LogP contribution is 2.23. The van der Waals surface area contributed by atoms with Gasteiger partial charge in [0, 0.05) is 18.8 Å². The first-order valence-corrected chi connectivity index (χ1v) is 10.4. The molecule has 0 radical (unpaired) electrons. The standard InChI is InChI=1S/C22H28N2O2S/c1-2-3-4-8-19(20-12-16-27-18-20)9-5-11-22(25)24-14-7-15-26-21-10-6-13-23-17-21/h5-6,9-13,16-18H,2-4,7-8,14-15H2,1H3,(H,24,25). The summed E-state index contributed by atoms with van der Waals surface area (Å²) in [6.45, 7) is 3.34. The molecule has 1 amide bonds. The van der Waals surface area contributed by atoms with Gasteiger partial charge in [-0.2, -0.15) is 11.3 Å². The minimum atomic E-state index is -0.0779. The minimum Gasteiger partial charge on any atom is -0.492 e. The van der Waals surface area contributed by atoms with Crippen molar-refractivity contribution in [1.29, 1.82) is 0 Å². The van der Waals surface area contributed by atoms with Crippen LogP contribution in [-0.4, -0.2) is 24.0 Å². The maximum atomic E-state index is 11.9. The smallest absolute Gasteiger partial charge is 0.243 e. The summed E-state index contributed by atoms with van der Waals surface area (Å²) in [4.78, 5) is 15.9. The highest BCUT2D eigenvalue weighted by molar-refractivity contribution is 7.08. The van der Waals surface area contributed by atoms with E-state index in [2.05, 4.69) is 40.1 Å². The van der Waals surface area contributed by atoms with Crippen molar-refractivity contribution >= 4 is 22.8 Å². The molecule has 1 N–H and O–H groups in total. The summed E-state index contributed by atoms with van der Waals surface area (Å²) in [5, 5.41) is 7.13. The molecule has 0 aliphatic heterocycles. The second-order valence-electron chi connectivity index (χ2n) is 6.20. The Morgan fingerprint density at radius 3 is 2.96 bits per heavy atom. The molecule has 2 rings (SSSR count). The molecule has 0 aromatic carbocycles. The average Bonchev–Trinajstić information content (AvgIpc) is 3.22. The van der Waals surface area contributed by atoms with E-state index >= 15 is 0 Å². The van der Waals surface area contributed by atoms with Gasteiger partial charge < -0.3 is 10.1 Å². The third-order valence-electron chi connectivity index (χ3n) is 4.01. The molecule has 0 unspecified atom stereocenters. The zero-order valence-corrected chi connectivity index (χ0v) is 16.7. The van der Waals surface area contributed by atoms with E-state index in [4.69, 9.17) is 4.74 Å². The highest BCUT2D eigenvalue weighted by atomic mass is 32.1. The Labute approximate surface area is 166 Å². The Morgan fingerprint density at radius 1 is 1.30 bits per heavy atom. The SMILES string of the molecule is CCCCCC(=CC=CC(=O)NCCCOc1cccnc1)c1ccsc1. The van der Waals surface area contributed by atoms with E-state index in [1.807, 2.05) is 18.2 Å². The van der Waals surface area contributed by atoms with Gasteiger partial charge in [-0.05, 0) is 59.4 Å². The Bertz CT molecular complexity index is 709. The predicted molar refractivity (Wildman–Crippen MR) is 113 cm³/mol. The number of aromatic nitrogens is 1. The van der Waals surface area contributed by atoms with Crippen LogP contribution in [0.5, 0.6) is 5.75 Å². The van der Waals surface area contributed by atoms with Crippen LogP contribution < -0.4 is 10.1 Å². The van der Waals surface area contributed by atoms with Gasteiger partial charge in [0.1, 0.15) is 5.75 Å². The Hall–Kier alpha value is -2.40. The number of amides is 1. The first kappa shape index (κ1) is 20.9. The fraction of sp³-hybridized carbons (Fsp3) is 0.364. The van der Waals surface area contributed by atoms with Gasteiger partial charge in [-0.3, -0.25) is 9.78 Å². The summed E-state index contributed by atoms with van der Waals surface area (Å²) in [6.07, 6.45) is 14.3. The predicted octanol–water partition coefficient (Wildman–Crippen LogP) is 5.25. The molecular formula is C22H28N2O2S. The number of hydrogen-bond acceptors (Lipinski definition) is 4. The molecule has 4 nitrogen and oxygen atoms in total. The lowest BCUT2D eigenvalue weighted by molar-refractivity contribution is -0.116. The Morgan fingerprint density at radius 2 is 2.22 bits per heavy atom. The number of ether oxygens (including phenoxy) is 1. The maximum absolute atomic E-state index is 11.9. The van der Waals surface area contributed by atoms with Crippen LogP contribution in [0, 0.1) is 0 Å². The second kappa shape index (κ2) is 12.9. The molecule has 0 saturated carbocycles. The topological polar surface area (TPSA) is 51.2 Å². The minimum absolute atomic E-state index is 0.0779. The van der Waals surface area contributed by atoms with E-state index in [0.717, 1.165) is 18.6 Å². The van der Waals surface area contributed by atoms with Gasteiger partial charge in [0.15, 0.2) is 0 Å². The van der Waals surface area contributed by atoms with Crippen molar-refractivity contribution in [1.82, 2.24) is 10.3 Å². The van der Waals surface area contributed by atoms with Crippen molar-refractivity contribution in [2.75, 3.05) is 13.2 Å². The number of carbonyl (C=O) groups excluding carboxylic acids is 1. The molecule has 0 bridgehead atoms. The number of allylic oxidation sites excluding steroid dienone is 3. The average molecular weight is 385 g/mol. The summed E-state index contributed by atoms with van der Waals surface area (Å²) in [5.41, 5.74) is 2.55. The molecule has 0 aliphatic rings. The van der Waals surface area contributed by atoms with Crippen LogP contribution >= 0.6 is 11.3 Å². The number of rotatable bonds is 12. The van der Waals surface area contributed by atoms with Crippen molar-refractivity contribution in [2.24, 2.45) is 0 Å². The lowest BCUT2D eigenvalue weighted by atomic mass is 10.0. The number of thiophene rings is 1. The summed E-state index contributed by atoms with van der Waals surface area (Å²) in [6, 6.07) is 5.84. The Balaban J connectivity index is 1.70. The molecule has 27 heavy (non-hydrogen) atoms. The van der Waals surface area contributed by atoms with E-state index in [9.17, 15) is 4.79 Å². The van der Waals surface area contributed by atoms with Gasteiger partial charge in [0.25, 0.3) is 0 Å². The van der Waals surface area contributed by atoms with Crippen molar-refractivity contribution < 1.29 is 9.53 Å². The number of nitrogens with zero attached hydrogens (tertiary/aromatic N) is 1. The Kier molecular flexibility index (Phi) is 9.97. The summed E-state index contributed by atoms with van der Waals surface area (Å²) in [7, 11) is 0. The van der Waals surface area contributed by atoms with Crippen molar-refractivity contribution in [3.05, 3.63) is 65.1 Å². The zero-order chi connectivity index (χ0) is 19.2. The van der Waals surface area contributed by atoms with E-state index < -0.39 is 0 Å². The van der Waals surface area contributed by atoms with Crippen LogP contribution in [0.25, 0.3) is 5.57 Å². The first-order valence-electron chi connectivity index (χ1n) is 9.50. The maximum Gasteiger partial charge on any atom is 0.243 e. The number of unbranched alkanes of at least 4 members (excludes halogenated alkanes) is 2. The molecule has 0 saturated heterocycles. The van der Waals surface area contributed by atoms with Gasteiger partial charge in [-0.1, -0.05) is 31.9 Å². The number of carbonyl (C=O) groups is 1. The number of hydrogen-bond donors (Lipinski definition) is 1. The third kappa shape index (κ3) is 8.69. The lowest BCUT2D eigenvalue weighted by Gasteiger charge is -2.06. The van der Waals surface area contributed by atoms with Crippen LogP contribution in [0.2, 0.25) is 0 Å². The molecular weight excluding hydrogens is 356 g/mol. The van der Waals surface area contributed by atoms with E-state index in [1.165, 1.54) is 30.4 Å². The molecule has 0 spiro atoms. The lowest BCUT2D eigenvalue weighted by Crippen LogP contribution is -2.23. The van der Waals surface area contributed by atoms with Gasteiger partial charge in [0.2, 0.25) is 5.91 Å². The second-order valence-corrected chi connectivity index (χ2v) is 6.98. The number of nitrogens with one attached hydrogen (secondary N) is 1. The largest absolute Gasteiger partial charge is 0.492 e. The summed E-state index contributed by atoms with van der Waals surface area (Å²) in [5.74, 6) is 0.670. The zero-order valence-electron chi connectivity index (χ0n) is 15.9. The van der Waals surface area contributed by atoms with Crippen LogP contribution in [0.4, 0.5) is 0 Å². The monoisotopic (exact) mass is 384 g/mol. The van der Waals surface area contributed by atoms with Gasteiger partial charge in [0.05, 0.1) is 12.8 Å². The molecule has 0 fully saturated rings. The fourth-order valence-corrected chi connectivity index (χ4v) is 3.23. The molecule has 0 atom stereocenters. The fourth-order valence-electron chi connectivity index (χ4n) is 2.55. The van der Waals surface area contributed by atoms with Gasteiger partial charge in [-0.15, -0.1) is 0 Å². The van der Waals surface area contributed by atoms with Crippen LogP contribution in [0.1, 0.15) is 44.6 Å². The van der Waals surface area contributed by atoms with Crippen molar-refractivity contribution in [2.45, 2.75) is 39.0 Å². The molecule has 5 heteroatoms. The normalized spacial score (nSPS) is 11.7. The molecule has 0 aliphatic carbocycles.